The van der Waals surface area contributed by atoms with E-state index in [9.17, 15) is 9.18 Å². The Bertz CT molecular complexity index is 399. The normalized spacial score (nSPS) is 10.1. The summed E-state index contributed by atoms with van der Waals surface area (Å²) in [6.07, 6.45) is 0.538. The maximum Gasteiger partial charge on any atom is 0.305 e. The summed E-state index contributed by atoms with van der Waals surface area (Å²) < 4.78 is 13.6. The number of aliphatic hydroxyl groups is 1. The van der Waals surface area contributed by atoms with Gasteiger partial charge >= 0.3 is 5.97 Å². The summed E-state index contributed by atoms with van der Waals surface area (Å²) in [5.74, 6) is -1.31. The Balaban J connectivity index is 2.48. The number of aliphatic hydroxyl groups excluding tert-OH is 1. The van der Waals surface area contributed by atoms with E-state index in [4.69, 9.17) is 10.2 Å². The van der Waals surface area contributed by atoms with Gasteiger partial charge in [-0.1, -0.05) is 0 Å². The lowest BCUT2D eigenvalue weighted by atomic mass is 10.2. The summed E-state index contributed by atoms with van der Waals surface area (Å²) in [7, 11) is 0. The van der Waals surface area contributed by atoms with Gasteiger partial charge in [-0.15, -0.1) is 0 Å². The molecule has 0 saturated carbocycles. The average Bonchev–Trinajstić information content (AvgIpc) is 2.31. The van der Waals surface area contributed by atoms with Gasteiger partial charge in [-0.2, -0.15) is 0 Å². The number of nitrogens with one attached hydrogen (secondary N) is 2. The third kappa shape index (κ3) is 5.01. The van der Waals surface area contributed by atoms with Crippen LogP contribution in [-0.2, 0) is 4.79 Å². The van der Waals surface area contributed by atoms with Crippen molar-refractivity contribution in [3.63, 3.8) is 0 Å². The Morgan fingerprint density at radius 3 is 2.67 bits per heavy atom. The number of hydrogen-bond acceptors (Lipinski definition) is 4. The first-order valence-electron chi connectivity index (χ1n) is 5.73. The number of hydrogen-bond donors (Lipinski definition) is 4. The van der Waals surface area contributed by atoms with E-state index in [1.807, 2.05) is 0 Å². The lowest BCUT2D eigenvalue weighted by Gasteiger charge is -2.09. The topological polar surface area (TPSA) is 81.6 Å². The summed E-state index contributed by atoms with van der Waals surface area (Å²) in [5, 5.41) is 22.8. The molecular weight excluding hydrogens is 239 g/mol. The summed E-state index contributed by atoms with van der Waals surface area (Å²) in [4.78, 5) is 10.3. The van der Waals surface area contributed by atoms with Gasteiger partial charge in [0, 0.05) is 25.4 Å². The van der Waals surface area contributed by atoms with E-state index < -0.39 is 11.8 Å². The van der Waals surface area contributed by atoms with Crippen molar-refractivity contribution in [2.45, 2.75) is 12.8 Å². The molecule has 0 unspecified atom stereocenters. The second-order valence-corrected chi connectivity index (χ2v) is 3.77. The SMILES string of the molecule is O=C(O)CCNc1ccc(NCCCO)c(F)c1. The quantitative estimate of drug-likeness (QED) is 0.530. The predicted molar refractivity (Wildman–Crippen MR) is 67.3 cm³/mol. The molecule has 5 nitrogen and oxygen atoms in total. The van der Waals surface area contributed by atoms with Gasteiger partial charge in [0.2, 0.25) is 0 Å². The summed E-state index contributed by atoms with van der Waals surface area (Å²) in [6, 6.07) is 4.56. The van der Waals surface area contributed by atoms with Crippen molar-refractivity contribution in [1.82, 2.24) is 0 Å². The Morgan fingerprint density at radius 1 is 1.28 bits per heavy atom. The summed E-state index contributed by atoms with van der Waals surface area (Å²) in [6.45, 7) is 0.814. The second-order valence-electron chi connectivity index (χ2n) is 3.77. The standard InChI is InChI=1S/C12H17FN2O3/c13-10-8-9(14-6-4-12(17)18)2-3-11(10)15-5-1-7-16/h2-3,8,14-16H,1,4-7H2,(H,17,18). The summed E-state index contributed by atoms with van der Waals surface area (Å²) in [5.41, 5.74) is 0.911. The first kappa shape index (κ1) is 14.2. The highest BCUT2D eigenvalue weighted by Crippen LogP contribution is 2.18. The van der Waals surface area contributed by atoms with Crippen molar-refractivity contribution in [3.05, 3.63) is 24.0 Å². The van der Waals surface area contributed by atoms with Gasteiger partial charge in [0.15, 0.2) is 0 Å². The van der Waals surface area contributed by atoms with Crippen LogP contribution in [0.15, 0.2) is 18.2 Å². The molecule has 0 aromatic heterocycles. The molecule has 6 heteroatoms. The molecule has 1 aromatic rings. The number of carboxylic acid groups (broad SMARTS) is 1. The van der Waals surface area contributed by atoms with Crippen LogP contribution in [0, 0.1) is 5.82 Å². The lowest BCUT2D eigenvalue weighted by molar-refractivity contribution is -0.136. The fourth-order valence-electron chi connectivity index (χ4n) is 1.38. The molecule has 0 amide bonds. The largest absolute Gasteiger partial charge is 0.481 e. The number of rotatable bonds is 8. The smallest absolute Gasteiger partial charge is 0.305 e. The molecular formula is C12H17FN2O3. The fraction of sp³-hybridized carbons (Fsp3) is 0.417. The maximum atomic E-state index is 13.6. The molecule has 1 aromatic carbocycles. The zero-order valence-corrected chi connectivity index (χ0v) is 9.95. The Labute approximate surface area is 105 Å². The zero-order valence-electron chi connectivity index (χ0n) is 9.95. The van der Waals surface area contributed by atoms with Gasteiger partial charge in [-0.05, 0) is 24.6 Å². The highest BCUT2D eigenvalue weighted by atomic mass is 19.1. The molecule has 0 atom stereocenters. The van der Waals surface area contributed by atoms with Crippen molar-refractivity contribution in [1.29, 1.82) is 0 Å². The molecule has 18 heavy (non-hydrogen) atoms. The van der Waals surface area contributed by atoms with Crippen LogP contribution in [0.3, 0.4) is 0 Å². The minimum Gasteiger partial charge on any atom is -0.481 e. The maximum absolute atomic E-state index is 13.6. The molecule has 0 fully saturated rings. The van der Waals surface area contributed by atoms with Crippen LogP contribution in [0.25, 0.3) is 0 Å². The van der Waals surface area contributed by atoms with Crippen LogP contribution in [0.4, 0.5) is 15.8 Å². The van der Waals surface area contributed by atoms with Crippen LogP contribution in [0.5, 0.6) is 0 Å². The van der Waals surface area contributed by atoms with Crippen molar-refractivity contribution < 1.29 is 19.4 Å². The molecule has 0 saturated heterocycles. The third-order valence-corrected chi connectivity index (χ3v) is 2.29. The van der Waals surface area contributed by atoms with Gasteiger partial charge < -0.3 is 20.8 Å². The molecule has 0 radical (unpaired) electrons. The number of carboxylic acids is 1. The van der Waals surface area contributed by atoms with E-state index in [1.165, 1.54) is 6.07 Å². The predicted octanol–water partition coefficient (Wildman–Crippen LogP) is 1.51. The molecule has 0 aliphatic rings. The Kier molecular flexibility index (Phi) is 5.93. The average molecular weight is 256 g/mol. The molecule has 0 aliphatic carbocycles. The fourth-order valence-corrected chi connectivity index (χ4v) is 1.38. The van der Waals surface area contributed by atoms with Gasteiger partial charge in [-0.25, -0.2) is 4.39 Å². The van der Waals surface area contributed by atoms with Crippen LogP contribution in [0.1, 0.15) is 12.8 Å². The van der Waals surface area contributed by atoms with E-state index in [0.29, 0.717) is 24.3 Å². The van der Waals surface area contributed by atoms with Crippen molar-refractivity contribution in [2.24, 2.45) is 0 Å². The Morgan fingerprint density at radius 2 is 2.06 bits per heavy atom. The van der Waals surface area contributed by atoms with E-state index >= 15 is 0 Å². The zero-order chi connectivity index (χ0) is 13.4. The number of aliphatic carboxylic acids is 1. The van der Waals surface area contributed by atoms with Crippen LogP contribution in [0.2, 0.25) is 0 Å². The van der Waals surface area contributed by atoms with Gasteiger partial charge in [0.25, 0.3) is 0 Å². The minimum atomic E-state index is -0.898. The summed E-state index contributed by atoms with van der Waals surface area (Å²) >= 11 is 0. The minimum absolute atomic E-state index is 0.0158. The first-order chi connectivity index (χ1) is 8.63. The number of benzene rings is 1. The van der Waals surface area contributed by atoms with Crippen LogP contribution in [-0.4, -0.2) is 35.9 Å². The lowest BCUT2D eigenvalue weighted by Crippen LogP contribution is -2.08. The highest BCUT2D eigenvalue weighted by Gasteiger charge is 2.03. The van der Waals surface area contributed by atoms with Crippen molar-refractivity contribution >= 4 is 17.3 Å². The molecule has 100 valence electrons. The van der Waals surface area contributed by atoms with Crippen molar-refractivity contribution in [3.8, 4) is 0 Å². The van der Waals surface area contributed by atoms with Gasteiger partial charge in [-0.3, -0.25) is 4.79 Å². The van der Waals surface area contributed by atoms with E-state index in [2.05, 4.69) is 10.6 Å². The third-order valence-electron chi connectivity index (χ3n) is 2.29. The molecule has 0 aliphatic heterocycles. The molecule has 0 bridgehead atoms. The highest BCUT2D eigenvalue weighted by molar-refractivity contribution is 5.67. The number of carbonyl (C=O) groups is 1. The molecule has 0 spiro atoms. The van der Waals surface area contributed by atoms with Crippen LogP contribution >= 0.6 is 0 Å². The number of anilines is 2. The van der Waals surface area contributed by atoms with E-state index in [0.717, 1.165) is 0 Å². The van der Waals surface area contributed by atoms with Gasteiger partial charge in [0.1, 0.15) is 5.82 Å². The Hall–Kier alpha value is -1.82. The molecule has 1 rings (SSSR count). The first-order valence-corrected chi connectivity index (χ1v) is 5.73. The van der Waals surface area contributed by atoms with Crippen LogP contribution < -0.4 is 10.6 Å². The monoisotopic (exact) mass is 256 g/mol. The van der Waals surface area contributed by atoms with E-state index in [-0.39, 0.29) is 19.6 Å². The van der Waals surface area contributed by atoms with Gasteiger partial charge in [0.05, 0.1) is 12.1 Å². The second kappa shape index (κ2) is 7.50. The van der Waals surface area contributed by atoms with Crippen molar-refractivity contribution in [2.75, 3.05) is 30.3 Å². The molecule has 4 N–H and O–H groups in total. The van der Waals surface area contributed by atoms with E-state index in [1.54, 1.807) is 12.1 Å². The number of halogens is 1. The molecule has 0 heterocycles.